The van der Waals surface area contributed by atoms with Gasteiger partial charge in [-0.1, -0.05) is 30.3 Å². The van der Waals surface area contributed by atoms with Gasteiger partial charge in [0.25, 0.3) is 0 Å². The number of hydrogen-bond acceptors (Lipinski definition) is 2. The van der Waals surface area contributed by atoms with Crippen LogP contribution in [-0.4, -0.2) is 26.3 Å². The molecule has 1 saturated heterocycles. The minimum Gasteiger partial charge on any atom is -0.381 e. The lowest BCUT2D eigenvalue weighted by Crippen LogP contribution is -2.59. The van der Waals surface area contributed by atoms with E-state index in [1.807, 2.05) is 6.92 Å². The normalized spacial score (nSPS) is 18.9. The van der Waals surface area contributed by atoms with Gasteiger partial charge >= 0.3 is 0 Å². The fourth-order valence-electron chi connectivity index (χ4n) is 1.91. The van der Waals surface area contributed by atoms with Crippen molar-refractivity contribution in [3.63, 3.8) is 0 Å². The van der Waals surface area contributed by atoms with Crippen LogP contribution in [0.1, 0.15) is 12.5 Å². The molecule has 76 valence electrons. The summed E-state index contributed by atoms with van der Waals surface area (Å²) < 4.78 is 5.56. The lowest BCUT2D eigenvalue weighted by molar-refractivity contribution is 0.0651. The molecule has 0 unspecified atom stereocenters. The molecule has 0 atom stereocenters. The van der Waals surface area contributed by atoms with Crippen LogP contribution in [0.2, 0.25) is 0 Å². The van der Waals surface area contributed by atoms with Crippen molar-refractivity contribution >= 4 is 0 Å². The van der Waals surface area contributed by atoms with Crippen LogP contribution in [0.25, 0.3) is 0 Å². The monoisotopic (exact) mass is 191 g/mol. The molecule has 0 saturated carbocycles. The third kappa shape index (κ3) is 1.68. The number of hydrogen-bond donors (Lipinski definition) is 1. The van der Waals surface area contributed by atoms with Crippen LogP contribution in [0.15, 0.2) is 30.3 Å². The van der Waals surface area contributed by atoms with E-state index in [4.69, 9.17) is 4.74 Å². The summed E-state index contributed by atoms with van der Waals surface area (Å²) in [4.78, 5) is 0. The van der Waals surface area contributed by atoms with Gasteiger partial charge in [-0.3, -0.25) is 0 Å². The van der Waals surface area contributed by atoms with Crippen molar-refractivity contribution in [2.45, 2.75) is 12.3 Å². The summed E-state index contributed by atoms with van der Waals surface area (Å²) in [5, 5.41) is 3.33. The van der Waals surface area contributed by atoms with Gasteiger partial charge in [-0.2, -0.15) is 0 Å². The minimum absolute atomic E-state index is 0.233. The molecule has 1 fully saturated rings. The minimum atomic E-state index is 0.233. The largest absolute Gasteiger partial charge is 0.381 e. The molecule has 1 aromatic rings. The maximum atomic E-state index is 5.56. The number of rotatable bonds is 4. The first-order chi connectivity index (χ1) is 6.87. The third-order valence-electron chi connectivity index (χ3n) is 2.90. The van der Waals surface area contributed by atoms with Crippen molar-refractivity contribution in [3.8, 4) is 0 Å². The summed E-state index contributed by atoms with van der Waals surface area (Å²) in [6.45, 7) is 5.76. The van der Waals surface area contributed by atoms with Crippen LogP contribution in [0, 0.1) is 0 Å². The molecule has 1 aliphatic heterocycles. The Labute approximate surface area is 85.3 Å². The first kappa shape index (κ1) is 9.69. The van der Waals surface area contributed by atoms with E-state index in [-0.39, 0.29) is 5.41 Å². The van der Waals surface area contributed by atoms with Crippen molar-refractivity contribution in [1.29, 1.82) is 0 Å². The van der Waals surface area contributed by atoms with E-state index in [2.05, 4.69) is 35.6 Å². The molecular formula is C12H17NO. The predicted molar refractivity (Wildman–Crippen MR) is 57.5 cm³/mol. The van der Waals surface area contributed by atoms with Crippen molar-refractivity contribution in [1.82, 2.24) is 5.32 Å². The Morgan fingerprint density at radius 3 is 2.50 bits per heavy atom. The van der Waals surface area contributed by atoms with Gasteiger partial charge in [0.15, 0.2) is 0 Å². The molecule has 0 spiro atoms. The Bertz CT molecular complexity index is 280. The maximum absolute atomic E-state index is 5.56. The van der Waals surface area contributed by atoms with Gasteiger partial charge in [0.1, 0.15) is 0 Å². The SMILES string of the molecule is CCOCC1(c2ccccc2)CNC1. The average Bonchev–Trinajstić information content (AvgIpc) is 2.18. The Balaban J connectivity index is 2.12. The quantitative estimate of drug-likeness (QED) is 0.780. The van der Waals surface area contributed by atoms with E-state index in [0.717, 1.165) is 26.3 Å². The summed E-state index contributed by atoms with van der Waals surface area (Å²) in [7, 11) is 0. The standard InChI is InChI=1S/C12H17NO/c1-2-14-10-12(8-13-9-12)11-6-4-3-5-7-11/h3-7,13H,2,8-10H2,1H3. The van der Waals surface area contributed by atoms with Crippen LogP contribution < -0.4 is 5.32 Å². The van der Waals surface area contributed by atoms with E-state index in [0.29, 0.717) is 0 Å². The Kier molecular flexibility index (Phi) is 2.85. The van der Waals surface area contributed by atoms with Gasteiger partial charge in [0.2, 0.25) is 0 Å². The lowest BCUT2D eigenvalue weighted by atomic mass is 9.76. The smallest absolute Gasteiger partial charge is 0.0587 e. The summed E-state index contributed by atoms with van der Waals surface area (Å²) in [6, 6.07) is 10.6. The number of ether oxygens (including phenoxy) is 1. The van der Waals surface area contributed by atoms with Gasteiger partial charge in [-0.05, 0) is 12.5 Å². The molecule has 0 aromatic heterocycles. The number of benzene rings is 1. The molecule has 0 aliphatic carbocycles. The van der Waals surface area contributed by atoms with Crippen LogP contribution >= 0.6 is 0 Å². The van der Waals surface area contributed by atoms with E-state index >= 15 is 0 Å². The maximum Gasteiger partial charge on any atom is 0.0587 e. The molecule has 0 radical (unpaired) electrons. The molecule has 2 nitrogen and oxygen atoms in total. The molecule has 14 heavy (non-hydrogen) atoms. The van der Waals surface area contributed by atoms with Crippen LogP contribution in [-0.2, 0) is 10.2 Å². The summed E-state index contributed by atoms with van der Waals surface area (Å²) in [5.74, 6) is 0. The second-order valence-electron chi connectivity index (χ2n) is 3.89. The van der Waals surface area contributed by atoms with Gasteiger partial charge < -0.3 is 10.1 Å². The second-order valence-corrected chi connectivity index (χ2v) is 3.89. The zero-order valence-corrected chi connectivity index (χ0v) is 8.62. The fourth-order valence-corrected chi connectivity index (χ4v) is 1.91. The molecule has 2 heteroatoms. The summed E-state index contributed by atoms with van der Waals surface area (Å²) >= 11 is 0. The van der Waals surface area contributed by atoms with Gasteiger partial charge in [0.05, 0.1) is 6.61 Å². The van der Waals surface area contributed by atoms with Crippen LogP contribution in [0.4, 0.5) is 0 Å². The molecule has 0 bridgehead atoms. The van der Waals surface area contributed by atoms with E-state index in [9.17, 15) is 0 Å². The molecule has 0 amide bonds. The molecule has 1 heterocycles. The average molecular weight is 191 g/mol. The molecule has 1 aromatic carbocycles. The van der Waals surface area contributed by atoms with Gasteiger partial charge in [-0.15, -0.1) is 0 Å². The van der Waals surface area contributed by atoms with Gasteiger partial charge in [0, 0.05) is 25.1 Å². The summed E-state index contributed by atoms with van der Waals surface area (Å²) in [6.07, 6.45) is 0. The van der Waals surface area contributed by atoms with E-state index in [1.165, 1.54) is 5.56 Å². The van der Waals surface area contributed by atoms with Crippen LogP contribution in [0.5, 0.6) is 0 Å². The molecular weight excluding hydrogens is 174 g/mol. The van der Waals surface area contributed by atoms with Crippen molar-refractivity contribution in [2.24, 2.45) is 0 Å². The highest BCUT2D eigenvalue weighted by Crippen LogP contribution is 2.28. The number of nitrogens with one attached hydrogen (secondary N) is 1. The third-order valence-corrected chi connectivity index (χ3v) is 2.90. The van der Waals surface area contributed by atoms with Crippen molar-refractivity contribution in [3.05, 3.63) is 35.9 Å². The second kappa shape index (κ2) is 4.11. The molecule has 1 aliphatic rings. The first-order valence-corrected chi connectivity index (χ1v) is 5.21. The highest BCUT2D eigenvalue weighted by molar-refractivity contribution is 5.29. The lowest BCUT2D eigenvalue weighted by Gasteiger charge is -2.42. The van der Waals surface area contributed by atoms with Crippen molar-refractivity contribution < 1.29 is 4.74 Å². The van der Waals surface area contributed by atoms with Gasteiger partial charge in [-0.25, -0.2) is 0 Å². The fraction of sp³-hybridized carbons (Fsp3) is 0.500. The Morgan fingerprint density at radius 2 is 2.00 bits per heavy atom. The van der Waals surface area contributed by atoms with E-state index < -0.39 is 0 Å². The predicted octanol–water partition coefficient (Wildman–Crippen LogP) is 1.56. The Hall–Kier alpha value is -0.860. The highest BCUT2D eigenvalue weighted by atomic mass is 16.5. The van der Waals surface area contributed by atoms with E-state index in [1.54, 1.807) is 0 Å². The first-order valence-electron chi connectivity index (χ1n) is 5.21. The topological polar surface area (TPSA) is 21.3 Å². The summed E-state index contributed by atoms with van der Waals surface area (Å²) in [5.41, 5.74) is 1.63. The Morgan fingerprint density at radius 1 is 1.29 bits per heavy atom. The van der Waals surface area contributed by atoms with Crippen LogP contribution in [0.3, 0.4) is 0 Å². The van der Waals surface area contributed by atoms with Crippen molar-refractivity contribution in [2.75, 3.05) is 26.3 Å². The zero-order valence-electron chi connectivity index (χ0n) is 8.62. The molecule has 1 N–H and O–H groups in total. The zero-order chi connectivity index (χ0) is 9.86. The molecule has 2 rings (SSSR count). The highest BCUT2D eigenvalue weighted by Gasteiger charge is 2.38.